The van der Waals surface area contributed by atoms with Gasteiger partial charge < -0.3 is 5.32 Å². The molecule has 0 aliphatic heterocycles. The number of sulfonamides is 1. The third kappa shape index (κ3) is 4.94. The van der Waals surface area contributed by atoms with E-state index in [0.29, 0.717) is 17.8 Å². The monoisotopic (exact) mass is 472 g/mol. The van der Waals surface area contributed by atoms with E-state index in [-0.39, 0.29) is 5.91 Å². The van der Waals surface area contributed by atoms with E-state index in [0.717, 1.165) is 15.4 Å². The molecule has 0 aromatic heterocycles. The molecule has 0 spiro atoms. The van der Waals surface area contributed by atoms with Crippen LogP contribution in [-0.2, 0) is 14.8 Å². The Bertz CT molecular complexity index is 854. The van der Waals surface area contributed by atoms with Crippen molar-refractivity contribution < 1.29 is 13.2 Å². The highest BCUT2D eigenvalue weighted by Crippen LogP contribution is 2.24. The Kier molecular flexibility index (Phi) is 6.45. The van der Waals surface area contributed by atoms with Gasteiger partial charge in [-0.25, -0.2) is 8.42 Å². The van der Waals surface area contributed by atoms with Gasteiger partial charge in [0.15, 0.2) is 0 Å². The normalized spacial score (nSPS) is 12.5. The lowest BCUT2D eigenvalue weighted by atomic mass is 10.1. The molecule has 5 nitrogen and oxygen atoms in total. The molecule has 0 radical (unpaired) electrons. The number of hydrogen-bond acceptors (Lipinski definition) is 3. The van der Waals surface area contributed by atoms with Crippen LogP contribution in [-0.4, -0.2) is 26.6 Å². The molecule has 0 fully saturated rings. The van der Waals surface area contributed by atoms with Crippen LogP contribution in [0, 0.1) is 10.5 Å². The van der Waals surface area contributed by atoms with E-state index in [4.69, 9.17) is 0 Å². The van der Waals surface area contributed by atoms with Crippen LogP contribution in [0.25, 0.3) is 0 Å². The number of nitrogens with one attached hydrogen (secondary N) is 1. The Morgan fingerprint density at radius 3 is 2.36 bits per heavy atom. The summed E-state index contributed by atoms with van der Waals surface area (Å²) in [5.41, 5.74) is 2.09. The lowest BCUT2D eigenvalue weighted by Gasteiger charge is -2.30. The molecule has 2 aromatic rings. The quantitative estimate of drug-likeness (QED) is 0.651. The van der Waals surface area contributed by atoms with Crippen LogP contribution in [0.4, 0.5) is 11.4 Å². The van der Waals surface area contributed by atoms with E-state index in [2.05, 4.69) is 27.9 Å². The minimum Gasteiger partial charge on any atom is -0.324 e. The molecule has 2 aromatic carbocycles. The molecule has 0 saturated heterocycles. The first-order valence-corrected chi connectivity index (χ1v) is 10.8. The molecule has 0 aliphatic carbocycles. The molecule has 0 bridgehead atoms. The summed E-state index contributed by atoms with van der Waals surface area (Å²) in [4.78, 5) is 12.8. The Labute approximate surface area is 162 Å². The van der Waals surface area contributed by atoms with Gasteiger partial charge in [-0.15, -0.1) is 0 Å². The average Bonchev–Trinajstić information content (AvgIpc) is 2.54. The smallest absolute Gasteiger partial charge is 0.248 e. The maximum Gasteiger partial charge on any atom is 0.248 e. The third-order valence-electron chi connectivity index (χ3n) is 3.79. The van der Waals surface area contributed by atoms with Gasteiger partial charge in [0, 0.05) is 9.26 Å². The molecule has 0 aliphatic rings. The molecule has 1 amide bonds. The molecule has 7 heteroatoms. The SMILES string of the molecule is CC[C@@H](C(=O)Nc1ccc(I)cc1C)N(c1ccccc1)S(C)(=O)=O. The number of amides is 1. The van der Waals surface area contributed by atoms with Gasteiger partial charge in [-0.1, -0.05) is 25.1 Å². The maximum atomic E-state index is 12.8. The van der Waals surface area contributed by atoms with Gasteiger partial charge in [0.1, 0.15) is 6.04 Å². The lowest BCUT2D eigenvalue weighted by Crippen LogP contribution is -2.47. The number of halogens is 1. The molecule has 1 N–H and O–H groups in total. The third-order valence-corrected chi connectivity index (χ3v) is 5.64. The zero-order chi connectivity index (χ0) is 18.6. The number of carbonyl (C=O) groups excluding carboxylic acids is 1. The van der Waals surface area contributed by atoms with Crippen LogP contribution in [0.1, 0.15) is 18.9 Å². The van der Waals surface area contributed by atoms with Crippen LogP contribution in [0.15, 0.2) is 48.5 Å². The highest BCUT2D eigenvalue weighted by atomic mass is 127. The molecule has 1 atom stereocenters. The largest absolute Gasteiger partial charge is 0.324 e. The van der Waals surface area contributed by atoms with E-state index in [9.17, 15) is 13.2 Å². The van der Waals surface area contributed by atoms with Crippen molar-refractivity contribution in [2.24, 2.45) is 0 Å². The van der Waals surface area contributed by atoms with E-state index < -0.39 is 16.1 Å². The van der Waals surface area contributed by atoms with Crippen LogP contribution in [0.5, 0.6) is 0 Å². The summed E-state index contributed by atoms with van der Waals surface area (Å²) >= 11 is 2.21. The predicted molar refractivity (Wildman–Crippen MR) is 110 cm³/mol. The minimum atomic E-state index is -3.61. The molecule has 0 unspecified atom stereocenters. The number of benzene rings is 2. The minimum absolute atomic E-state index is 0.346. The van der Waals surface area contributed by atoms with Gasteiger partial charge in [-0.2, -0.15) is 0 Å². The van der Waals surface area contributed by atoms with Gasteiger partial charge >= 0.3 is 0 Å². The molecule has 25 heavy (non-hydrogen) atoms. The van der Waals surface area contributed by atoms with Gasteiger partial charge in [0.05, 0.1) is 11.9 Å². The predicted octanol–water partition coefficient (Wildman–Crippen LogP) is 3.78. The maximum absolute atomic E-state index is 12.8. The zero-order valence-electron chi connectivity index (χ0n) is 14.4. The number of aryl methyl sites for hydroxylation is 1. The van der Waals surface area contributed by atoms with Gasteiger partial charge in [-0.05, 0) is 71.8 Å². The van der Waals surface area contributed by atoms with Crippen LogP contribution < -0.4 is 9.62 Å². The second-order valence-corrected chi connectivity index (χ2v) is 8.87. The highest BCUT2D eigenvalue weighted by Gasteiger charge is 2.31. The first kappa shape index (κ1) is 19.7. The van der Waals surface area contributed by atoms with Crippen molar-refractivity contribution in [1.82, 2.24) is 0 Å². The van der Waals surface area contributed by atoms with Crippen molar-refractivity contribution in [2.45, 2.75) is 26.3 Å². The van der Waals surface area contributed by atoms with Gasteiger partial charge in [0.25, 0.3) is 0 Å². The van der Waals surface area contributed by atoms with Crippen molar-refractivity contribution in [3.8, 4) is 0 Å². The van der Waals surface area contributed by atoms with Crippen LogP contribution in [0.3, 0.4) is 0 Å². The molecular formula is C18H21IN2O3S. The summed E-state index contributed by atoms with van der Waals surface area (Å²) in [6.07, 6.45) is 1.48. The van der Waals surface area contributed by atoms with E-state index in [1.807, 2.05) is 25.1 Å². The Morgan fingerprint density at radius 2 is 1.84 bits per heavy atom. The highest BCUT2D eigenvalue weighted by molar-refractivity contribution is 14.1. The fourth-order valence-corrected chi connectivity index (χ4v) is 4.48. The molecule has 0 heterocycles. The zero-order valence-corrected chi connectivity index (χ0v) is 17.3. The number of anilines is 2. The second-order valence-electron chi connectivity index (χ2n) is 5.77. The Hall–Kier alpha value is -1.61. The molecule has 134 valence electrons. The van der Waals surface area contributed by atoms with Crippen LogP contribution in [0.2, 0.25) is 0 Å². The molecular weight excluding hydrogens is 451 g/mol. The summed E-state index contributed by atoms with van der Waals surface area (Å²) in [7, 11) is -3.61. The summed E-state index contributed by atoms with van der Waals surface area (Å²) in [6, 6.07) is 13.5. The number of hydrogen-bond donors (Lipinski definition) is 1. The summed E-state index contributed by atoms with van der Waals surface area (Å²) in [5, 5.41) is 2.86. The van der Waals surface area contributed by atoms with E-state index in [1.165, 1.54) is 4.31 Å². The van der Waals surface area contributed by atoms with E-state index >= 15 is 0 Å². The Balaban J connectivity index is 2.36. The van der Waals surface area contributed by atoms with Crippen LogP contribution >= 0.6 is 22.6 Å². The van der Waals surface area contributed by atoms with Gasteiger partial charge in [0.2, 0.25) is 15.9 Å². The first-order chi connectivity index (χ1) is 11.7. The Morgan fingerprint density at radius 1 is 1.20 bits per heavy atom. The second kappa shape index (κ2) is 8.18. The molecule has 0 saturated carbocycles. The summed E-state index contributed by atoms with van der Waals surface area (Å²) in [5.74, 6) is -0.346. The first-order valence-electron chi connectivity index (χ1n) is 7.85. The number of para-hydroxylation sites is 1. The lowest BCUT2D eigenvalue weighted by molar-refractivity contribution is -0.117. The van der Waals surface area contributed by atoms with Gasteiger partial charge in [-0.3, -0.25) is 9.10 Å². The van der Waals surface area contributed by atoms with E-state index in [1.54, 1.807) is 37.3 Å². The fourth-order valence-electron chi connectivity index (χ4n) is 2.62. The molecule has 2 rings (SSSR count). The number of carbonyl (C=O) groups is 1. The standard InChI is InChI=1S/C18H21IN2O3S/c1-4-17(18(22)20-16-11-10-14(19)12-13(16)2)21(25(3,23)24)15-8-6-5-7-9-15/h5-12,17H,4H2,1-3H3,(H,20,22)/t17-/m0/s1. The number of nitrogens with zero attached hydrogens (tertiary/aromatic N) is 1. The van der Waals surface area contributed by atoms with Crippen molar-refractivity contribution in [3.05, 3.63) is 57.7 Å². The average molecular weight is 472 g/mol. The van der Waals surface area contributed by atoms with Crippen molar-refractivity contribution >= 4 is 49.9 Å². The number of rotatable bonds is 6. The fraction of sp³-hybridized carbons (Fsp3) is 0.278. The van der Waals surface area contributed by atoms with Crippen molar-refractivity contribution in [2.75, 3.05) is 15.9 Å². The topological polar surface area (TPSA) is 66.5 Å². The summed E-state index contributed by atoms with van der Waals surface area (Å²) < 4.78 is 26.9. The van der Waals surface area contributed by atoms with Crippen molar-refractivity contribution in [1.29, 1.82) is 0 Å². The van der Waals surface area contributed by atoms with Crippen molar-refractivity contribution in [3.63, 3.8) is 0 Å². The summed E-state index contributed by atoms with van der Waals surface area (Å²) in [6.45, 7) is 3.70.